The van der Waals surface area contributed by atoms with Crippen LogP contribution in [-0.2, 0) is 33.3 Å². The van der Waals surface area contributed by atoms with Crippen LogP contribution in [0, 0.1) is 13.8 Å². The minimum Gasteiger partial charge on any atom is -0.299 e. The molecule has 0 aliphatic heterocycles. The van der Waals surface area contributed by atoms with Crippen molar-refractivity contribution >= 4 is 27.5 Å². The number of hydrogen-bond acceptors (Lipinski definition) is 2. The second-order valence-corrected chi connectivity index (χ2v) is 10.8. The summed E-state index contributed by atoms with van der Waals surface area (Å²) in [5.74, 6) is 0.717. The van der Waals surface area contributed by atoms with Crippen LogP contribution < -0.4 is 0 Å². The minimum atomic E-state index is -0.00384. The van der Waals surface area contributed by atoms with E-state index in [-0.39, 0.29) is 10.8 Å². The molecule has 2 aliphatic carbocycles. The fourth-order valence-electron chi connectivity index (χ4n) is 4.70. The lowest BCUT2D eigenvalue weighted by Gasteiger charge is -2.32. The molecule has 0 saturated heterocycles. The lowest BCUT2D eigenvalue weighted by atomic mass is 9.72. The van der Waals surface area contributed by atoms with E-state index < -0.39 is 0 Å². The molecule has 0 bridgehead atoms. The molecular formula is C26H31BrO2. The number of benzene rings is 2. The molecule has 154 valence electrons. The highest BCUT2D eigenvalue weighted by molar-refractivity contribution is 9.10. The third kappa shape index (κ3) is 4.71. The van der Waals surface area contributed by atoms with Gasteiger partial charge in [-0.25, -0.2) is 0 Å². The molecule has 2 nitrogen and oxygen atoms in total. The van der Waals surface area contributed by atoms with E-state index in [0.29, 0.717) is 37.2 Å². The van der Waals surface area contributed by atoms with Crippen molar-refractivity contribution in [2.75, 3.05) is 0 Å². The molecule has 0 radical (unpaired) electrons. The number of aryl methyl sites for hydroxylation is 2. The first-order valence-corrected chi connectivity index (χ1v) is 11.1. The summed E-state index contributed by atoms with van der Waals surface area (Å²) in [4.78, 5) is 23.1. The molecule has 0 atom stereocenters. The molecule has 3 heteroatoms. The van der Waals surface area contributed by atoms with E-state index in [2.05, 4.69) is 87.8 Å². The van der Waals surface area contributed by atoms with E-state index in [1.54, 1.807) is 0 Å². The van der Waals surface area contributed by atoms with Gasteiger partial charge in [0.05, 0.1) is 0 Å². The lowest BCUT2D eigenvalue weighted by molar-refractivity contribution is -0.120. The first-order valence-electron chi connectivity index (χ1n) is 10.3. The first kappa shape index (κ1) is 22.0. The van der Waals surface area contributed by atoms with Crippen molar-refractivity contribution < 1.29 is 9.59 Å². The van der Waals surface area contributed by atoms with Crippen molar-refractivity contribution in [3.8, 4) is 0 Å². The zero-order valence-corrected chi connectivity index (χ0v) is 20.0. The van der Waals surface area contributed by atoms with Gasteiger partial charge in [-0.3, -0.25) is 9.59 Å². The fraction of sp³-hybridized carbons (Fsp3) is 0.462. The lowest BCUT2D eigenvalue weighted by Crippen LogP contribution is -2.29. The monoisotopic (exact) mass is 454 g/mol. The average molecular weight is 455 g/mol. The van der Waals surface area contributed by atoms with Crippen LogP contribution in [-0.4, -0.2) is 11.6 Å². The van der Waals surface area contributed by atoms with Crippen LogP contribution in [0.3, 0.4) is 0 Å². The molecule has 0 fully saturated rings. The molecule has 0 aromatic heterocycles. The summed E-state index contributed by atoms with van der Waals surface area (Å²) in [5.41, 5.74) is 7.65. The maximum absolute atomic E-state index is 11.6. The van der Waals surface area contributed by atoms with Gasteiger partial charge in [0, 0.05) is 30.2 Å². The maximum Gasteiger partial charge on any atom is 0.138 e. The van der Waals surface area contributed by atoms with Crippen molar-refractivity contribution in [3.05, 3.63) is 68.2 Å². The van der Waals surface area contributed by atoms with Crippen LogP contribution in [0.5, 0.6) is 0 Å². The van der Waals surface area contributed by atoms with E-state index in [0.717, 1.165) is 4.47 Å². The average Bonchev–Trinajstić information content (AvgIpc) is 2.57. The Kier molecular flexibility index (Phi) is 5.93. The minimum absolute atomic E-state index is 0.00384. The molecule has 2 aromatic rings. The standard InChI is InChI=1S/C13H15BrO.C13H16O/c1-8-4-11-9(6-12(8)14)5-10(15)7-13(11,2)3;1-9-4-5-10-7-11(14)8-13(2,3)12(10)6-9/h4,6H,5,7H2,1-3H3;4-6H,7-8H2,1-3H3. The Morgan fingerprint density at radius 1 is 0.759 bits per heavy atom. The van der Waals surface area contributed by atoms with Gasteiger partial charge in [-0.2, -0.15) is 0 Å². The van der Waals surface area contributed by atoms with E-state index in [4.69, 9.17) is 0 Å². The molecule has 0 amide bonds. The van der Waals surface area contributed by atoms with Crippen molar-refractivity contribution in [1.29, 1.82) is 0 Å². The van der Waals surface area contributed by atoms with E-state index >= 15 is 0 Å². The molecule has 0 unspecified atom stereocenters. The van der Waals surface area contributed by atoms with Gasteiger partial charge in [0.1, 0.15) is 11.6 Å². The summed E-state index contributed by atoms with van der Waals surface area (Å²) < 4.78 is 1.10. The number of hydrogen-bond donors (Lipinski definition) is 0. The van der Waals surface area contributed by atoms with Crippen molar-refractivity contribution in [3.63, 3.8) is 0 Å². The Balaban J connectivity index is 0.000000166. The van der Waals surface area contributed by atoms with Crippen LogP contribution >= 0.6 is 15.9 Å². The Bertz CT molecular complexity index is 982. The van der Waals surface area contributed by atoms with Crippen LogP contribution in [0.2, 0.25) is 0 Å². The fourth-order valence-corrected chi connectivity index (χ4v) is 5.09. The van der Waals surface area contributed by atoms with Gasteiger partial charge in [0.2, 0.25) is 0 Å². The molecule has 2 aromatic carbocycles. The third-order valence-corrected chi connectivity index (χ3v) is 7.02. The van der Waals surface area contributed by atoms with Crippen LogP contribution in [0.4, 0.5) is 0 Å². The predicted molar refractivity (Wildman–Crippen MR) is 123 cm³/mol. The van der Waals surface area contributed by atoms with Crippen LogP contribution in [0.15, 0.2) is 34.8 Å². The van der Waals surface area contributed by atoms with Gasteiger partial charge in [-0.1, -0.05) is 73.5 Å². The Morgan fingerprint density at radius 2 is 1.28 bits per heavy atom. The normalized spacial score (nSPS) is 19.0. The van der Waals surface area contributed by atoms with Gasteiger partial charge < -0.3 is 0 Å². The maximum atomic E-state index is 11.6. The zero-order chi connectivity index (χ0) is 21.6. The Hall–Kier alpha value is -1.74. The Morgan fingerprint density at radius 3 is 1.86 bits per heavy atom. The van der Waals surface area contributed by atoms with Crippen molar-refractivity contribution in [2.24, 2.45) is 0 Å². The third-order valence-electron chi connectivity index (χ3n) is 6.16. The first-order chi connectivity index (χ1) is 13.4. The van der Waals surface area contributed by atoms with Gasteiger partial charge in [-0.15, -0.1) is 0 Å². The highest BCUT2D eigenvalue weighted by atomic mass is 79.9. The number of fused-ring (bicyclic) bond motifs is 2. The molecule has 0 heterocycles. The highest BCUT2D eigenvalue weighted by Crippen LogP contribution is 2.38. The molecule has 2 aliphatic rings. The molecule has 0 spiro atoms. The summed E-state index contributed by atoms with van der Waals surface area (Å²) in [6, 6.07) is 10.7. The summed E-state index contributed by atoms with van der Waals surface area (Å²) >= 11 is 3.52. The number of Topliss-reactive ketones (excluding diaryl/α,β-unsaturated/α-hetero) is 2. The number of carbonyl (C=O) groups is 2. The topological polar surface area (TPSA) is 34.1 Å². The molecular weight excluding hydrogens is 424 g/mol. The van der Waals surface area contributed by atoms with Gasteiger partial charge in [0.15, 0.2) is 0 Å². The summed E-state index contributed by atoms with van der Waals surface area (Å²) in [7, 11) is 0. The smallest absolute Gasteiger partial charge is 0.138 e. The predicted octanol–water partition coefficient (Wildman–Crippen LogP) is 6.34. The van der Waals surface area contributed by atoms with E-state index in [9.17, 15) is 9.59 Å². The molecule has 29 heavy (non-hydrogen) atoms. The van der Waals surface area contributed by atoms with Gasteiger partial charge >= 0.3 is 0 Å². The second-order valence-electron chi connectivity index (χ2n) is 9.97. The molecule has 0 N–H and O–H groups in total. The molecule has 0 saturated carbocycles. The van der Waals surface area contributed by atoms with Gasteiger partial charge in [0.25, 0.3) is 0 Å². The number of ketones is 2. The SMILES string of the molecule is Cc1cc2c(cc1Br)CC(=O)CC2(C)C.Cc1ccc2c(c1)C(C)(C)CC(=O)C2. The van der Waals surface area contributed by atoms with Crippen LogP contribution in [0.25, 0.3) is 0 Å². The zero-order valence-electron chi connectivity index (χ0n) is 18.4. The Labute approximate surface area is 183 Å². The van der Waals surface area contributed by atoms with Crippen molar-refractivity contribution in [1.82, 2.24) is 0 Å². The van der Waals surface area contributed by atoms with Crippen LogP contribution in [0.1, 0.15) is 73.9 Å². The molecule has 4 rings (SSSR count). The summed E-state index contributed by atoms with van der Waals surface area (Å²) in [6.07, 6.45) is 2.57. The van der Waals surface area contributed by atoms with Gasteiger partial charge in [-0.05, 0) is 58.6 Å². The van der Waals surface area contributed by atoms with E-state index in [1.165, 1.54) is 33.4 Å². The highest BCUT2D eigenvalue weighted by Gasteiger charge is 2.32. The summed E-state index contributed by atoms with van der Waals surface area (Å²) in [6.45, 7) is 12.8. The number of carbonyl (C=O) groups excluding carboxylic acids is 2. The van der Waals surface area contributed by atoms with Crippen molar-refractivity contribution in [2.45, 2.75) is 78.1 Å². The second kappa shape index (κ2) is 7.83. The quantitative estimate of drug-likeness (QED) is 0.465. The largest absolute Gasteiger partial charge is 0.299 e. The van der Waals surface area contributed by atoms with E-state index in [1.807, 2.05) is 0 Å². The summed E-state index contributed by atoms with van der Waals surface area (Å²) in [5, 5.41) is 0. The number of halogens is 1. The number of rotatable bonds is 0.